The SMILES string of the molecule is CCC(C)c1ccccc1NC(=O)c1ccno1. The maximum Gasteiger partial charge on any atom is 0.294 e. The van der Waals surface area contributed by atoms with E-state index in [0.717, 1.165) is 17.7 Å². The summed E-state index contributed by atoms with van der Waals surface area (Å²) >= 11 is 0. The van der Waals surface area contributed by atoms with Gasteiger partial charge in [0.15, 0.2) is 0 Å². The van der Waals surface area contributed by atoms with Crippen molar-refractivity contribution < 1.29 is 9.32 Å². The highest BCUT2D eigenvalue weighted by atomic mass is 16.5. The van der Waals surface area contributed by atoms with Gasteiger partial charge in [-0.15, -0.1) is 0 Å². The van der Waals surface area contributed by atoms with Gasteiger partial charge in [-0.05, 0) is 24.0 Å². The predicted octanol–water partition coefficient (Wildman–Crippen LogP) is 3.44. The Labute approximate surface area is 106 Å². The lowest BCUT2D eigenvalue weighted by atomic mass is 9.97. The molecule has 94 valence electrons. The molecule has 2 aromatic rings. The van der Waals surface area contributed by atoms with E-state index in [1.54, 1.807) is 6.07 Å². The van der Waals surface area contributed by atoms with Crippen molar-refractivity contribution in [3.63, 3.8) is 0 Å². The molecule has 0 saturated heterocycles. The number of nitrogens with zero attached hydrogens (tertiary/aromatic N) is 1. The van der Waals surface area contributed by atoms with Crippen LogP contribution in [0.1, 0.15) is 42.3 Å². The van der Waals surface area contributed by atoms with Gasteiger partial charge in [-0.2, -0.15) is 0 Å². The first-order valence-corrected chi connectivity index (χ1v) is 6.03. The zero-order chi connectivity index (χ0) is 13.0. The summed E-state index contributed by atoms with van der Waals surface area (Å²) in [6.07, 6.45) is 2.48. The Morgan fingerprint density at radius 2 is 2.17 bits per heavy atom. The van der Waals surface area contributed by atoms with Gasteiger partial charge in [-0.25, -0.2) is 0 Å². The van der Waals surface area contributed by atoms with Crippen LogP contribution in [0, 0.1) is 0 Å². The van der Waals surface area contributed by atoms with Gasteiger partial charge >= 0.3 is 0 Å². The summed E-state index contributed by atoms with van der Waals surface area (Å²) in [7, 11) is 0. The van der Waals surface area contributed by atoms with Crippen molar-refractivity contribution in [2.24, 2.45) is 0 Å². The van der Waals surface area contributed by atoms with E-state index < -0.39 is 0 Å². The van der Waals surface area contributed by atoms with Crippen molar-refractivity contribution in [3.05, 3.63) is 47.9 Å². The molecular weight excluding hydrogens is 228 g/mol. The number of aromatic nitrogens is 1. The fourth-order valence-corrected chi connectivity index (χ4v) is 1.78. The number of nitrogens with one attached hydrogen (secondary N) is 1. The Bertz CT molecular complexity index is 520. The van der Waals surface area contributed by atoms with E-state index in [9.17, 15) is 4.79 Å². The Morgan fingerprint density at radius 3 is 2.83 bits per heavy atom. The maximum absolute atomic E-state index is 11.9. The van der Waals surface area contributed by atoms with Crippen LogP contribution in [-0.2, 0) is 0 Å². The number of benzene rings is 1. The minimum absolute atomic E-state index is 0.217. The number of anilines is 1. The average Bonchev–Trinajstić information content (AvgIpc) is 2.92. The summed E-state index contributed by atoms with van der Waals surface area (Å²) in [6.45, 7) is 4.26. The van der Waals surface area contributed by atoms with Crippen molar-refractivity contribution in [1.82, 2.24) is 5.16 Å². The van der Waals surface area contributed by atoms with Crippen molar-refractivity contribution in [2.75, 3.05) is 5.32 Å². The smallest absolute Gasteiger partial charge is 0.294 e. The molecule has 0 fully saturated rings. The summed E-state index contributed by atoms with van der Waals surface area (Å²) in [5.41, 5.74) is 1.96. The summed E-state index contributed by atoms with van der Waals surface area (Å²) in [5.74, 6) is 0.341. The highest BCUT2D eigenvalue weighted by Crippen LogP contribution is 2.26. The number of amides is 1. The van der Waals surface area contributed by atoms with Gasteiger partial charge in [0.05, 0.1) is 6.20 Å². The van der Waals surface area contributed by atoms with Crippen LogP contribution in [0.2, 0.25) is 0 Å². The molecule has 0 radical (unpaired) electrons. The van der Waals surface area contributed by atoms with E-state index in [4.69, 9.17) is 4.52 Å². The first-order chi connectivity index (χ1) is 8.72. The Kier molecular flexibility index (Phi) is 3.77. The zero-order valence-electron chi connectivity index (χ0n) is 10.5. The molecular formula is C14H16N2O2. The maximum atomic E-state index is 11.9. The van der Waals surface area contributed by atoms with E-state index in [1.807, 2.05) is 24.3 Å². The molecule has 18 heavy (non-hydrogen) atoms. The lowest BCUT2D eigenvalue weighted by Gasteiger charge is -2.14. The number of rotatable bonds is 4. The molecule has 1 heterocycles. The van der Waals surface area contributed by atoms with Gasteiger partial charge in [0.2, 0.25) is 5.76 Å². The van der Waals surface area contributed by atoms with E-state index in [1.165, 1.54) is 6.20 Å². The van der Waals surface area contributed by atoms with Crippen molar-refractivity contribution >= 4 is 11.6 Å². The number of carbonyl (C=O) groups excluding carboxylic acids is 1. The number of carbonyl (C=O) groups is 1. The van der Waals surface area contributed by atoms with Crippen LogP contribution in [-0.4, -0.2) is 11.1 Å². The molecule has 1 amide bonds. The third-order valence-corrected chi connectivity index (χ3v) is 3.01. The van der Waals surface area contributed by atoms with E-state index in [0.29, 0.717) is 5.92 Å². The molecule has 1 N–H and O–H groups in total. The van der Waals surface area contributed by atoms with Crippen molar-refractivity contribution in [2.45, 2.75) is 26.2 Å². The largest absolute Gasteiger partial charge is 0.351 e. The third kappa shape index (κ3) is 2.59. The standard InChI is InChI=1S/C14H16N2O2/c1-3-10(2)11-6-4-5-7-12(11)16-14(17)13-8-9-15-18-13/h4-10H,3H2,1-2H3,(H,16,17). The predicted molar refractivity (Wildman–Crippen MR) is 69.6 cm³/mol. The first-order valence-electron chi connectivity index (χ1n) is 6.03. The highest BCUT2D eigenvalue weighted by molar-refractivity contribution is 6.02. The van der Waals surface area contributed by atoms with Crippen LogP contribution >= 0.6 is 0 Å². The molecule has 4 nitrogen and oxygen atoms in total. The zero-order valence-corrected chi connectivity index (χ0v) is 10.5. The molecule has 1 aromatic heterocycles. The number of hydrogen-bond donors (Lipinski definition) is 1. The Balaban J connectivity index is 2.21. The molecule has 1 aromatic carbocycles. The van der Waals surface area contributed by atoms with E-state index in [-0.39, 0.29) is 11.7 Å². The Morgan fingerprint density at radius 1 is 1.39 bits per heavy atom. The lowest BCUT2D eigenvalue weighted by molar-refractivity contribution is 0.0988. The third-order valence-electron chi connectivity index (χ3n) is 3.01. The number of para-hydroxylation sites is 1. The fourth-order valence-electron chi connectivity index (χ4n) is 1.78. The minimum Gasteiger partial charge on any atom is -0.351 e. The van der Waals surface area contributed by atoms with Gasteiger partial charge in [-0.1, -0.05) is 37.2 Å². The van der Waals surface area contributed by atoms with Gasteiger partial charge in [0.25, 0.3) is 5.91 Å². The minimum atomic E-state index is -0.275. The lowest BCUT2D eigenvalue weighted by Crippen LogP contribution is -2.13. The van der Waals surface area contributed by atoms with Crippen molar-refractivity contribution in [1.29, 1.82) is 0 Å². The molecule has 0 saturated carbocycles. The van der Waals surface area contributed by atoms with Gasteiger partial charge in [0, 0.05) is 11.8 Å². The van der Waals surface area contributed by atoms with Crippen LogP contribution in [0.15, 0.2) is 41.1 Å². The molecule has 0 aliphatic carbocycles. The van der Waals surface area contributed by atoms with Crippen LogP contribution in [0.4, 0.5) is 5.69 Å². The molecule has 0 bridgehead atoms. The second-order valence-electron chi connectivity index (χ2n) is 4.23. The van der Waals surface area contributed by atoms with Gasteiger partial charge < -0.3 is 9.84 Å². The van der Waals surface area contributed by atoms with Crippen LogP contribution in [0.5, 0.6) is 0 Å². The molecule has 1 unspecified atom stereocenters. The molecule has 1 atom stereocenters. The molecule has 0 aliphatic heterocycles. The van der Waals surface area contributed by atoms with E-state index in [2.05, 4.69) is 24.3 Å². The molecule has 2 rings (SSSR count). The highest BCUT2D eigenvalue weighted by Gasteiger charge is 2.14. The second-order valence-corrected chi connectivity index (χ2v) is 4.23. The quantitative estimate of drug-likeness (QED) is 0.896. The Hall–Kier alpha value is -2.10. The van der Waals surface area contributed by atoms with Gasteiger partial charge in [-0.3, -0.25) is 4.79 Å². The van der Waals surface area contributed by atoms with E-state index >= 15 is 0 Å². The van der Waals surface area contributed by atoms with Crippen molar-refractivity contribution in [3.8, 4) is 0 Å². The topological polar surface area (TPSA) is 55.1 Å². The molecule has 0 aliphatic rings. The average molecular weight is 244 g/mol. The van der Waals surface area contributed by atoms with Gasteiger partial charge in [0.1, 0.15) is 0 Å². The fraction of sp³-hybridized carbons (Fsp3) is 0.286. The molecule has 4 heteroatoms. The van der Waals surface area contributed by atoms with Crippen LogP contribution in [0.3, 0.4) is 0 Å². The normalized spacial score (nSPS) is 12.1. The van der Waals surface area contributed by atoms with Crippen LogP contribution < -0.4 is 5.32 Å². The summed E-state index contributed by atoms with van der Waals surface area (Å²) in [5, 5.41) is 6.38. The van der Waals surface area contributed by atoms with Crippen LogP contribution in [0.25, 0.3) is 0 Å². The monoisotopic (exact) mass is 244 g/mol. The first kappa shape index (κ1) is 12.4. The summed E-state index contributed by atoms with van der Waals surface area (Å²) in [6, 6.07) is 9.36. The second kappa shape index (κ2) is 5.49. The summed E-state index contributed by atoms with van der Waals surface area (Å²) < 4.78 is 4.83. The molecule has 0 spiro atoms. The summed E-state index contributed by atoms with van der Waals surface area (Å²) in [4.78, 5) is 11.9. The number of hydrogen-bond acceptors (Lipinski definition) is 3.